The number of carbonyl (C=O) groups is 3. The van der Waals surface area contributed by atoms with Crippen molar-refractivity contribution in [3.05, 3.63) is 52.5 Å². The number of benzene rings is 1. The highest BCUT2D eigenvalue weighted by atomic mass is 32.1. The number of carbonyl (C=O) groups excluding carboxylic acids is 3. The highest BCUT2D eigenvalue weighted by Crippen LogP contribution is 2.14. The minimum absolute atomic E-state index is 0.00156. The Bertz CT molecular complexity index is 849. The van der Waals surface area contributed by atoms with E-state index in [2.05, 4.69) is 5.32 Å². The lowest BCUT2D eigenvalue weighted by molar-refractivity contribution is -0.133. The van der Waals surface area contributed by atoms with Crippen molar-refractivity contribution in [2.45, 2.75) is 0 Å². The zero-order valence-electron chi connectivity index (χ0n) is 16.1. The molecule has 9 heteroatoms. The molecule has 3 rings (SSSR count). The molecule has 2 heterocycles. The van der Waals surface area contributed by atoms with Gasteiger partial charge in [-0.1, -0.05) is 6.07 Å². The van der Waals surface area contributed by atoms with E-state index in [0.717, 1.165) is 0 Å². The largest absolute Gasteiger partial charge is 0.338 e. The van der Waals surface area contributed by atoms with E-state index in [1.807, 2.05) is 11.4 Å². The third-order valence-electron chi connectivity index (χ3n) is 4.60. The van der Waals surface area contributed by atoms with Gasteiger partial charge in [0.25, 0.3) is 5.91 Å². The predicted octanol–water partition coefficient (Wildman–Crippen LogP) is 1.74. The topological polar surface area (TPSA) is 73.0 Å². The SMILES string of the molecule is CN(CC(=O)Nc1ccc(F)cc1)CC(=O)N1CCN(C(=O)c2cccs2)CC1. The fourth-order valence-electron chi connectivity index (χ4n) is 3.08. The quantitative estimate of drug-likeness (QED) is 0.776. The Morgan fingerprint density at radius 1 is 1.03 bits per heavy atom. The van der Waals surface area contributed by atoms with Crippen molar-refractivity contribution in [3.63, 3.8) is 0 Å². The van der Waals surface area contributed by atoms with E-state index >= 15 is 0 Å². The van der Waals surface area contributed by atoms with Gasteiger partial charge in [0.1, 0.15) is 5.82 Å². The zero-order valence-corrected chi connectivity index (χ0v) is 17.0. The molecular weight excluding hydrogens is 395 g/mol. The van der Waals surface area contributed by atoms with E-state index in [1.165, 1.54) is 35.6 Å². The number of hydrogen-bond donors (Lipinski definition) is 1. The van der Waals surface area contributed by atoms with Crippen molar-refractivity contribution in [1.29, 1.82) is 0 Å². The van der Waals surface area contributed by atoms with Gasteiger partial charge in [-0.3, -0.25) is 19.3 Å². The van der Waals surface area contributed by atoms with Crippen molar-refractivity contribution in [2.24, 2.45) is 0 Å². The highest BCUT2D eigenvalue weighted by Gasteiger charge is 2.25. The van der Waals surface area contributed by atoms with Crippen LogP contribution in [0.3, 0.4) is 0 Å². The monoisotopic (exact) mass is 418 g/mol. The van der Waals surface area contributed by atoms with Crippen molar-refractivity contribution >= 4 is 34.7 Å². The van der Waals surface area contributed by atoms with Gasteiger partial charge < -0.3 is 15.1 Å². The van der Waals surface area contributed by atoms with Crippen molar-refractivity contribution in [1.82, 2.24) is 14.7 Å². The second-order valence-corrected chi connectivity index (χ2v) is 7.83. The van der Waals surface area contributed by atoms with Crippen LogP contribution >= 0.6 is 11.3 Å². The summed E-state index contributed by atoms with van der Waals surface area (Å²) in [5.74, 6) is -0.729. The lowest BCUT2D eigenvalue weighted by atomic mass is 10.2. The first kappa shape index (κ1) is 20.9. The molecule has 1 fully saturated rings. The molecule has 0 atom stereocenters. The number of anilines is 1. The fraction of sp³-hybridized carbons (Fsp3) is 0.350. The molecule has 2 aromatic rings. The minimum Gasteiger partial charge on any atom is -0.338 e. The van der Waals surface area contributed by atoms with Gasteiger partial charge >= 0.3 is 0 Å². The first-order valence-corrected chi connectivity index (χ1v) is 10.1. The zero-order chi connectivity index (χ0) is 20.8. The van der Waals surface area contributed by atoms with Crippen LogP contribution in [0, 0.1) is 5.82 Å². The van der Waals surface area contributed by atoms with Crippen LogP contribution in [0.25, 0.3) is 0 Å². The molecule has 1 aliphatic rings. The molecule has 0 spiro atoms. The summed E-state index contributed by atoms with van der Waals surface area (Å²) in [6.45, 7) is 2.10. The van der Waals surface area contributed by atoms with Crippen LogP contribution < -0.4 is 5.32 Å². The average molecular weight is 418 g/mol. The normalized spacial score (nSPS) is 14.2. The number of thiophene rings is 1. The van der Waals surface area contributed by atoms with Crippen LogP contribution in [0.4, 0.5) is 10.1 Å². The van der Waals surface area contributed by atoms with Crippen LogP contribution in [-0.2, 0) is 9.59 Å². The summed E-state index contributed by atoms with van der Waals surface area (Å²) in [5, 5.41) is 4.54. The maximum atomic E-state index is 12.9. The summed E-state index contributed by atoms with van der Waals surface area (Å²) in [4.78, 5) is 42.8. The Kier molecular flexibility index (Phi) is 6.95. The highest BCUT2D eigenvalue weighted by molar-refractivity contribution is 7.12. The molecule has 1 saturated heterocycles. The first-order valence-electron chi connectivity index (χ1n) is 9.27. The Balaban J connectivity index is 1.41. The molecule has 0 aliphatic carbocycles. The molecule has 154 valence electrons. The lowest BCUT2D eigenvalue weighted by Crippen LogP contribution is -2.52. The molecule has 3 amide bonds. The van der Waals surface area contributed by atoms with Crippen LogP contribution in [0.5, 0.6) is 0 Å². The number of piperazine rings is 1. The van der Waals surface area contributed by atoms with Gasteiger partial charge in [-0.2, -0.15) is 0 Å². The van der Waals surface area contributed by atoms with Gasteiger partial charge in [0.15, 0.2) is 0 Å². The van der Waals surface area contributed by atoms with Gasteiger partial charge in [-0.15, -0.1) is 11.3 Å². The molecule has 29 heavy (non-hydrogen) atoms. The Hall–Kier alpha value is -2.78. The second kappa shape index (κ2) is 9.62. The maximum absolute atomic E-state index is 12.9. The van der Waals surface area contributed by atoms with Gasteiger partial charge in [-0.05, 0) is 42.8 Å². The van der Waals surface area contributed by atoms with Crippen LogP contribution in [-0.4, -0.2) is 78.7 Å². The van der Waals surface area contributed by atoms with E-state index in [-0.39, 0.29) is 36.6 Å². The van der Waals surface area contributed by atoms with Crippen LogP contribution in [0.1, 0.15) is 9.67 Å². The number of amides is 3. The fourth-order valence-corrected chi connectivity index (χ4v) is 3.77. The summed E-state index contributed by atoms with van der Waals surface area (Å²) < 4.78 is 12.9. The molecule has 1 aromatic carbocycles. The molecule has 0 radical (unpaired) electrons. The second-order valence-electron chi connectivity index (χ2n) is 6.88. The van der Waals surface area contributed by atoms with Crippen molar-refractivity contribution < 1.29 is 18.8 Å². The summed E-state index contributed by atoms with van der Waals surface area (Å²) >= 11 is 1.41. The predicted molar refractivity (Wildman–Crippen MR) is 109 cm³/mol. The number of halogens is 1. The Labute approximate surface area is 172 Å². The third kappa shape index (κ3) is 5.85. The summed E-state index contributed by atoms with van der Waals surface area (Å²) in [5.41, 5.74) is 0.502. The number of hydrogen-bond acceptors (Lipinski definition) is 5. The number of rotatable bonds is 6. The van der Waals surface area contributed by atoms with Gasteiger partial charge in [-0.25, -0.2) is 4.39 Å². The summed E-state index contributed by atoms with van der Waals surface area (Å²) in [6, 6.07) is 9.15. The molecule has 1 aromatic heterocycles. The van der Waals surface area contributed by atoms with Gasteiger partial charge in [0, 0.05) is 31.9 Å². The lowest BCUT2D eigenvalue weighted by Gasteiger charge is -2.35. The van der Waals surface area contributed by atoms with Crippen molar-refractivity contribution in [2.75, 3.05) is 51.6 Å². The molecule has 1 N–H and O–H groups in total. The van der Waals surface area contributed by atoms with Crippen LogP contribution in [0.15, 0.2) is 41.8 Å². The Morgan fingerprint density at radius 3 is 2.31 bits per heavy atom. The van der Waals surface area contributed by atoms with E-state index in [1.54, 1.807) is 27.8 Å². The summed E-state index contributed by atoms with van der Waals surface area (Å²) in [7, 11) is 1.69. The van der Waals surface area contributed by atoms with Gasteiger partial charge in [0.05, 0.1) is 18.0 Å². The average Bonchev–Trinajstić information content (AvgIpc) is 3.24. The van der Waals surface area contributed by atoms with Crippen molar-refractivity contribution in [3.8, 4) is 0 Å². The van der Waals surface area contributed by atoms with E-state index < -0.39 is 0 Å². The smallest absolute Gasteiger partial charge is 0.264 e. The molecule has 0 saturated carbocycles. The van der Waals surface area contributed by atoms with E-state index in [0.29, 0.717) is 36.7 Å². The number of nitrogens with one attached hydrogen (secondary N) is 1. The molecule has 7 nitrogen and oxygen atoms in total. The molecule has 0 bridgehead atoms. The minimum atomic E-state index is -0.372. The maximum Gasteiger partial charge on any atom is 0.264 e. The third-order valence-corrected chi connectivity index (χ3v) is 5.46. The molecule has 0 unspecified atom stereocenters. The van der Waals surface area contributed by atoms with E-state index in [9.17, 15) is 18.8 Å². The number of nitrogens with zero attached hydrogens (tertiary/aromatic N) is 3. The Morgan fingerprint density at radius 2 is 1.69 bits per heavy atom. The summed E-state index contributed by atoms with van der Waals surface area (Å²) in [6.07, 6.45) is 0. The standard InChI is InChI=1S/C20H23FN4O3S/c1-23(13-18(26)22-16-6-4-15(21)5-7-16)14-19(27)24-8-10-25(11-9-24)20(28)17-3-2-12-29-17/h2-7,12H,8-11,13-14H2,1H3,(H,22,26). The van der Waals surface area contributed by atoms with E-state index in [4.69, 9.17) is 0 Å². The first-order chi connectivity index (χ1) is 13.9. The molecule has 1 aliphatic heterocycles. The molecular formula is C20H23FN4O3S. The number of likely N-dealkylation sites (N-methyl/N-ethyl adjacent to an activating group) is 1. The van der Waals surface area contributed by atoms with Crippen LogP contribution in [0.2, 0.25) is 0 Å². The van der Waals surface area contributed by atoms with Gasteiger partial charge in [0.2, 0.25) is 11.8 Å².